The molecule has 1 aliphatic heterocycles. The van der Waals surface area contributed by atoms with Crippen molar-refractivity contribution in [2.45, 2.75) is 19.4 Å². The van der Waals surface area contributed by atoms with Gasteiger partial charge in [-0.05, 0) is 24.8 Å². The van der Waals surface area contributed by atoms with Gasteiger partial charge in [-0.15, -0.1) is 0 Å². The molecule has 1 aromatic rings. The molecule has 110 valence electrons. The summed E-state index contributed by atoms with van der Waals surface area (Å²) in [4.78, 5) is 16.3. The number of nitrogens with one attached hydrogen (secondary N) is 1. The van der Waals surface area contributed by atoms with Gasteiger partial charge in [0.2, 0.25) is 0 Å². The number of furan rings is 1. The average Bonchev–Trinajstić information content (AvgIpc) is 3.16. The van der Waals surface area contributed by atoms with Crippen molar-refractivity contribution < 1.29 is 9.21 Å². The van der Waals surface area contributed by atoms with Gasteiger partial charge in [0, 0.05) is 32.7 Å². The van der Waals surface area contributed by atoms with Gasteiger partial charge < -0.3 is 9.32 Å². The molecule has 20 heavy (non-hydrogen) atoms. The first kappa shape index (κ1) is 13.6. The van der Waals surface area contributed by atoms with Gasteiger partial charge in [-0.1, -0.05) is 0 Å². The van der Waals surface area contributed by atoms with E-state index in [0.29, 0.717) is 5.56 Å². The van der Waals surface area contributed by atoms with Crippen molar-refractivity contribution in [1.29, 1.82) is 0 Å². The van der Waals surface area contributed by atoms with Crippen molar-refractivity contribution in [2.75, 3.05) is 32.7 Å². The number of amides is 1. The Morgan fingerprint density at radius 1 is 1.30 bits per heavy atom. The zero-order valence-corrected chi connectivity index (χ0v) is 11.7. The third-order valence-corrected chi connectivity index (χ3v) is 4.10. The molecule has 6 nitrogen and oxygen atoms in total. The number of carbonyl (C=O) groups excluding carboxylic acids is 1. The van der Waals surface area contributed by atoms with Gasteiger partial charge in [-0.3, -0.25) is 15.1 Å². The van der Waals surface area contributed by atoms with Gasteiger partial charge in [0.25, 0.3) is 5.91 Å². The standard InChI is InChI=1S/C14H22N4O2/c15-16-14(19)12-7-13(20-10-12)9-18-5-3-17(4-6-18)8-11-1-2-11/h7,10-11H,1-6,8-9,15H2,(H,16,19). The molecule has 0 unspecified atom stereocenters. The van der Waals surface area contributed by atoms with E-state index in [-0.39, 0.29) is 5.91 Å². The Labute approximate surface area is 118 Å². The van der Waals surface area contributed by atoms with Crippen LogP contribution in [0.1, 0.15) is 29.0 Å². The van der Waals surface area contributed by atoms with E-state index in [2.05, 4.69) is 15.2 Å². The van der Waals surface area contributed by atoms with E-state index in [4.69, 9.17) is 10.3 Å². The summed E-state index contributed by atoms with van der Waals surface area (Å²) >= 11 is 0. The van der Waals surface area contributed by atoms with Gasteiger partial charge in [0.1, 0.15) is 12.0 Å². The highest BCUT2D eigenvalue weighted by Gasteiger charge is 2.26. The second-order valence-electron chi connectivity index (χ2n) is 5.80. The first-order chi connectivity index (χ1) is 9.74. The summed E-state index contributed by atoms with van der Waals surface area (Å²) in [5.74, 6) is 6.57. The zero-order chi connectivity index (χ0) is 13.9. The Bertz CT molecular complexity index is 461. The Morgan fingerprint density at radius 3 is 2.65 bits per heavy atom. The van der Waals surface area contributed by atoms with Crippen LogP contribution < -0.4 is 11.3 Å². The van der Waals surface area contributed by atoms with Gasteiger partial charge in [0.05, 0.1) is 12.1 Å². The number of nitrogens with two attached hydrogens (primary N) is 1. The van der Waals surface area contributed by atoms with E-state index in [0.717, 1.165) is 44.4 Å². The molecule has 2 fully saturated rings. The molecule has 2 heterocycles. The predicted molar refractivity (Wildman–Crippen MR) is 74.8 cm³/mol. The minimum absolute atomic E-state index is 0.311. The van der Waals surface area contributed by atoms with Gasteiger partial charge in [-0.2, -0.15) is 0 Å². The molecule has 0 spiro atoms. The van der Waals surface area contributed by atoms with Crippen LogP contribution >= 0.6 is 0 Å². The highest BCUT2D eigenvalue weighted by atomic mass is 16.3. The van der Waals surface area contributed by atoms with Crippen molar-refractivity contribution in [1.82, 2.24) is 15.2 Å². The number of nitrogens with zero attached hydrogens (tertiary/aromatic N) is 2. The minimum atomic E-state index is -0.311. The van der Waals surface area contributed by atoms with Gasteiger partial charge >= 0.3 is 0 Å². The van der Waals surface area contributed by atoms with Crippen LogP contribution in [-0.2, 0) is 6.54 Å². The van der Waals surface area contributed by atoms with Crippen molar-refractivity contribution in [2.24, 2.45) is 11.8 Å². The van der Waals surface area contributed by atoms with Crippen molar-refractivity contribution in [3.05, 3.63) is 23.7 Å². The third kappa shape index (κ3) is 3.39. The SMILES string of the molecule is NNC(=O)c1coc(CN2CCN(CC3CC3)CC2)c1. The summed E-state index contributed by atoms with van der Waals surface area (Å²) in [5.41, 5.74) is 2.59. The van der Waals surface area contributed by atoms with Crippen molar-refractivity contribution in [3.8, 4) is 0 Å². The number of hydrazine groups is 1. The second-order valence-corrected chi connectivity index (χ2v) is 5.80. The smallest absolute Gasteiger partial charge is 0.268 e. The maximum Gasteiger partial charge on any atom is 0.268 e. The summed E-state index contributed by atoms with van der Waals surface area (Å²) in [7, 11) is 0. The molecule has 2 aliphatic rings. The molecular formula is C14H22N4O2. The lowest BCUT2D eigenvalue weighted by molar-refractivity contribution is 0.0953. The van der Waals surface area contributed by atoms with Crippen LogP contribution in [0.2, 0.25) is 0 Å². The molecule has 3 N–H and O–H groups in total. The molecular weight excluding hydrogens is 256 g/mol. The van der Waals surface area contributed by atoms with Crippen LogP contribution in [0.4, 0.5) is 0 Å². The number of carbonyl (C=O) groups is 1. The van der Waals surface area contributed by atoms with Crippen LogP contribution in [0.5, 0.6) is 0 Å². The maximum absolute atomic E-state index is 11.4. The third-order valence-electron chi connectivity index (χ3n) is 4.10. The van der Waals surface area contributed by atoms with E-state index in [1.54, 1.807) is 6.07 Å². The largest absolute Gasteiger partial charge is 0.467 e. The number of hydrogen-bond acceptors (Lipinski definition) is 5. The summed E-state index contributed by atoms with van der Waals surface area (Å²) in [6.07, 6.45) is 4.29. The lowest BCUT2D eigenvalue weighted by Crippen LogP contribution is -2.46. The van der Waals surface area contributed by atoms with Crippen molar-refractivity contribution >= 4 is 5.91 Å². The Morgan fingerprint density at radius 2 is 2.00 bits per heavy atom. The topological polar surface area (TPSA) is 74.7 Å². The van der Waals surface area contributed by atoms with Crippen LogP contribution in [-0.4, -0.2) is 48.4 Å². The molecule has 1 saturated carbocycles. The fourth-order valence-corrected chi connectivity index (χ4v) is 2.68. The molecule has 1 aliphatic carbocycles. The maximum atomic E-state index is 11.4. The summed E-state index contributed by atoms with van der Waals surface area (Å²) in [6.45, 7) is 6.42. The first-order valence-electron chi connectivity index (χ1n) is 7.27. The number of rotatable bonds is 5. The van der Waals surface area contributed by atoms with Gasteiger partial charge in [-0.25, -0.2) is 5.84 Å². The zero-order valence-electron chi connectivity index (χ0n) is 11.7. The Kier molecular flexibility index (Phi) is 4.05. The van der Waals surface area contributed by atoms with E-state index in [1.807, 2.05) is 0 Å². The van der Waals surface area contributed by atoms with Crippen molar-refractivity contribution in [3.63, 3.8) is 0 Å². The quantitative estimate of drug-likeness (QED) is 0.463. The summed E-state index contributed by atoms with van der Waals surface area (Å²) in [6, 6.07) is 1.76. The summed E-state index contributed by atoms with van der Waals surface area (Å²) in [5, 5.41) is 0. The van der Waals surface area contributed by atoms with Gasteiger partial charge in [0.15, 0.2) is 0 Å². The van der Waals surface area contributed by atoms with E-state index in [1.165, 1.54) is 25.6 Å². The Balaban J connectivity index is 1.46. The highest BCUT2D eigenvalue weighted by molar-refractivity contribution is 5.93. The molecule has 6 heteroatoms. The van der Waals surface area contributed by atoms with E-state index in [9.17, 15) is 4.79 Å². The highest BCUT2D eigenvalue weighted by Crippen LogP contribution is 2.30. The van der Waals surface area contributed by atoms with E-state index >= 15 is 0 Å². The Hall–Kier alpha value is -1.37. The first-order valence-corrected chi connectivity index (χ1v) is 7.27. The lowest BCUT2D eigenvalue weighted by Gasteiger charge is -2.34. The summed E-state index contributed by atoms with van der Waals surface area (Å²) < 4.78 is 5.42. The molecule has 0 bridgehead atoms. The molecule has 0 atom stereocenters. The van der Waals surface area contributed by atoms with E-state index < -0.39 is 0 Å². The average molecular weight is 278 g/mol. The number of piperazine rings is 1. The molecule has 1 amide bonds. The fraction of sp³-hybridized carbons (Fsp3) is 0.643. The van der Waals surface area contributed by atoms with Crippen LogP contribution in [0.15, 0.2) is 16.7 Å². The second kappa shape index (κ2) is 5.95. The normalized spacial score (nSPS) is 21.1. The molecule has 3 rings (SSSR count). The monoisotopic (exact) mass is 278 g/mol. The fourth-order valence-electron chi connectivity index (χ4n) is 2.68. The minimum Gasteiger partial charge on any atom is -0.467 e. The molecule has 0 aromatic carbocycles. The van der Waals surface area contributed by atoms with Crippen LogP contribution in [0.3, 0.4) is 0 Å². The molecule has 1 saturated heterocycles. The van der Waals surface area contributed by atoms with Crippen LogP contribution in [0.25, 0.3) is 0 Å². The predicted octanol–water partition coefficient (Wildman–Crippen LogP) is 0.411. The molecule has 1 aromatic heterocycles. The van der Waals surface area contributed by atoms with Crippen LogP contribution in [0, 0.1) is 5.92 Å². The molecule has 0 radical (unpaired) electrons. The lowest BCUT2D eigenvalue weighted by atomic mass is 10.2. The number of hydrogen-bond donors (Lipinski definition) is 2. The number of nitrogen functional groups attached to an aromatic ring is 1.